The highest BCUT2D eigenvalue weighted by Crippen LogP contribution is 2.14. The maximum absolute atomic E-state index is 4.80. The lowest BCUT2D eigenvalue weighted by atomic mass is 10.1. The van der Waals surface area contributed by atoms with Gasteiger partial charge in [0.05, 0.1) is 12.2 Å². The predicted molar refractivity (Wildman–Crippen MR) is 110 cm³/mol. The molecule has 1 unspecified atom stereocenters. The number of benzene rings is 1. The molecule has 1 atom stereocenters. The molecule has 26 heavy (non-hydrogen) atoms. The molecule has 0 aliphatic carbocycles. The van der Waals surface area contributed by atoms with E-state index >= 15 is 0 Å². The van der Waals surface area contributed by atoms with Crippen molar-refractivity contribution in [2.45, 2.75) is 60.0 Å². The Labute approximate surface area is 157 Å². The molecule has 0 saturated carbocycles. The number of rotatable bonds is 7. The first-order chi connectivity index (χ1) is 12.5. The zero-order valence-electron chi connectivity index (χ0n) is 17.1. The summed E-state index contributed by atoms with van der Waals surface area (Å²) in [4.78, 5) is 4.80. The monoisotopic (exact) mass is 355 g/mol. The minimum absolute atomic E-state index is 0.274. The lowest BCUT2D eigenvalue weighted by Crippen LogP contribution is -2.43. The van der Waals surface area contributed by atoms with E-state index in [1.54, 1.807) is 0 Å². The van der Waals surface area contributed by atoms with Gasteiger partial charge >= 0.3 is 0 Å². The molecule has 142 valence electrons. The average Bonchev–Trinajstić information content (AvgIpc) is 2.86. The van der Waals surface area contributed by atoms with Crippen LogP contribution in [0.15, 0.2) is 29.3 Å². The van der Waals surface area contributed by atoms with Crippen LogP contribution in [0.2, 0.25) is 0 Å². The molecular formula is C21H33N5. The molecule has 0 fully saturated rings. The van der Waals surface area contributed by atoms with Crippen LogP contribution in [-0.4, -0.2) is 28.3 Å². The number of aromatic nitrogens is 2. The minimum Gasteiger partial charge on any atom is -0.357 e. The molecule has 2 aromatic rings. The van der Waals surface area contributed by atoms with Crippen molar-refractivity contribution in [1.29, 1.82) is 0 Å². The summed E-state index contributed by atoms with van der Waals surface area (Å²) in [5.41, 5.74) is 6.31. The zero-order valence-corrected chi connectivity index (χ0v) is 17.1. The molecule has 1 aromatic heterocycles. The molecule has 0 bridgehead atoms. The van der Waals surface area contributed by atoms with Crippen molar-refractivity contribution < 1.29 is 0 Å². The van der Waals surface area contributed by atoms with Gasteiger partial charge in [-0.2, -0.15) is 5.10 Å². The molecule has 5 heteroatoms. The SMILES string of the molecule is CCNC(=NCc1ccccc1CC)NC(C)Cc1c(C)nn(C)c1C. The zero-order chi connectivity index (χ0) is 19.1. The summed E-state index contributed by atoms with van der Waals surface area (Å²) in [6, 6.07) is 8.80. The van der Waals surface area contributed by atoms with Crippen LogP contribution in [0, 0.1) is 13.8 Å². The second-order valence-electron chi connectivity index (χ2n) is 6.84. The van der Waals surface area contributed by atoms with Crippen LogP contribution in [0.25, 0.3) is 0 Å². The van der Waals surface area contributed by atoms with Crippen LogP contribution in [0.1, 0.15) is 48.8 Å². The van der Waals surface area contributed by atoms with E-state index in [1.165, 1.54) is 22.4 Å². The molecule has 0 radical (unpaired) electrons. The highest BCUT2D eigenvalue weighted by Gasteiger charge is 2.14. The Morgan fingerprint density at radius 2 is 1.88 bits per heavy atom. The third-order valence-electron chi connectivity index (χ3n) is 4.80. The summed E-state index contributed by atoms with van der Waals surface area (Å²) >= 11 is 0. The summed E-state index contributed by atoms with van der Waals surface area (Å²) in [6.45, 7) is 12.2. The second-order valence-corrected chi connectivity index (χ2v) is 6.84. The van der Waals surface area contributed by atoms with Crippen LogP contribution in [-0.2, 0) is 26.4 Å². The van der Waals surface area contributed by atoms with Gasteiger partial charge in [-0.25, -0.2) is 4.99 Å². The van der Waals surface area contributed by atoms with Crippen molar-refractivity contribution in [1.82, 2.24) is 20.4 Å². The van der Waals surface area contributed by atoms with Gasteiger partial charge in [-0.3, -0.25) is 4.68 Å². The Morgan fingerprint density at radius 1 is 1.19 bits per heavy atom. The van der Waals surface area contributed by atoms with Crippen LogP contribution in [0.3, 0.4) is 0 Å². The number of guanidine groups is 1. The fraction of sp³-hybridized carbons (Fsp3) is 0.524. The molecule has 1 aromatic carbocycles. The van der Waals surface area contributed by atoms with E-state index in [2.05, 4.69) is 74.6 Å². The largest absolute Gasteiger partial charge is 0.357 e. The number of aliphatic imine (C=N–C) groups is 1. The van der Waals surface area contributed by atoms with Crippen molar-refractivity contribution in [3.63, 3.8) is 0 Å². The standard InChI is InChI=1S/C21H33N5/c1-7-18-11-9-10-12-19(18)14-23-21(22-8-2)24-15(3)13-20-16(4)25-26(6)17(20)5/h9-12,15H,7-8,13-14H2,1-6H3,(H2,22,23,24). The molecule has 0 aliphatic heterocycles. The van der Waals surface area contributed by atoms with E-state index in [9.17, 15) is 0 Å². The summed E-state index contributed by atoms with van der Waals surface area (Å²) in [6.07, 6.45) is 1.97. The van der Waals surface area contributed by atoms with Crippen LogP contribution < -0.4 is 10.6 Å². The lowest BCUT2D eigenvalue weighted by Gasteiger charge is -2.18. The maximum atomic E-state index is 4.80. The molecular weight excluding hydrogens is 322 g/mol. The van der Waals surface area contributed by atoms with Gasteiger partial charge in [-0.15, -0.1) is 0 Å². The van der Waals surface area contributed by atoms with Crippen molar-refractivity contribution in [2.75, 3.05) is 6.54 Å². The van der Waals surface area contributed by atoms with Crippen molar-refractivity contribution >= 4 is 5.96 Å². The second kappa shape index (κ2) is 9.41. The van der Waals surface area contributed by atoms with E-state index < -0.39 is 0 Å². The summed E-state index contributed by atoms with van der Waals surface area (Å²) < 4.78 is 1.96. The molecule has 2 N–H and O–H groups in total. The van der Waals surface area contributed by atoms with E-state index in [1.807, 2.05) is 11.7 Å². The first-order valence-corrected chi connectivity index (χ1v) is 9.56. The van der Waals surface area contributed by atoms with Crippen molar-refractivity contribution in [3.8, 4) is 0 Å². The fourth-order valence-electron chi connectivity index (χ4n) is 3.24. The first kappa shape index (κ1) is 20.0. The summed E-state index contributed by atoms with van der Waals surface area (Å²) in [7, 11) is 2.00. The van der Waals surface area contributed by atoms with Gasteiger partial charge < -0.3 is 10.6 Å². The third-order valence-corrected chi connectivity index (χ3v) is 4.80. The normalized spacial score (nSPS) is 12.9. The van der Waals surface area contributed by atoms with Crippen LogP contribution in [0.4, 0.5) is 0 Å². The molecule has 0 aliphatic rings. The highest BCUT2D eigenvalue weighted by molar-refractivity contribution is 5.80. The van der Waals surface area contributed by atoms with Gasteiger partial charge in [-0.05, 0) is 57.2 Å². The summed E-state index contributed by atoms with van der Waals surface area (Å²) in [5.74, 6) is 0.866. The molecule has 0 amide bonds. The Morgan fingerprint density at radius 3 is 2.46 bits per heavy atom. The van der Waals surface area contributed by atoms with Gasteiger partial charge in [0.15, 0.2) is 5.96 Å². The van der Waals surface area contributed by atoms with E-state index in [0.717, 1.165) is 31.0 Å². The number of nitrogens with one attached hydrogen (secondary N) is 2. The Kier molecular flexibility index (Phi) is 7.25. The molecule has 0 spiro atoms. The van der Waals surface area contributed by atoms with Gasteiger partial charge in [0.1, 0.15) is 0 Å². The van der Waals surface area contributed by atoms with E-state index in [4.69, 9.17) is 4.99 Å². The maximum Gasteiger partial charge on any atom is 0.191 e. The smallest absolute Gasteiger partial charge is 0.191 e. The lowest BCUT2D eigenvalue weighted by molar-refractivity contribution is 0.635. The van der Waals surface area contributed by atoms with Crippen LogP contribution in [0.5, 0.6) is 0 Å². The molecule has 0 saturated heterocycles. The quantitative estimate of drug-likeness (QED) is 0.592. The Bertz CT molecular complexity index is 745. The van der Waals surface area contributed by atoms with Gasteiger partial charge in [-0.1, -0.05) is 31.2 Å². The van der Waals surface area contributed by atoms with Crippen molar-refractivity contribution in [3.05, 3.63) is 52.3 Å². The van der Waals surface area contributed by atoms with E-state index in [-0.39, 0.29) is 6.04 Å². The van der Waals surface area contributed by atoms with Crippen LogP contribution >= 0.6 is 0 Å². The van der Waals surface area contributed by atoms with Gasteiger partial charge in [0.2, 0.25) is 0 Å². The fourth-order valence-corrected chi connectivity index (χ4v) is 3.24. The Hall–Kier alpha value is -2.30. The molecule has 1 heterocycles. The third kappa shape index (κ3) is 5.10. The molecule has 2 rings (SSSR count). The number of aryl methyl sites for hydroxylation is 3. The van der Waals surface area contributed by atoms with E-state index in [0.29, 0.717) is 6.54 Å². The predicted octanol–water partition coefficient (Wildman–Crippen LogP) is 3.29. The molecule has 5 nitrogen and oxygen atoms in total. The van der Waals surface area contributed by atoms with Gasteiger partial charge in [0, 0.05) is 25.3 Å². The highest BCUT2D eigenvalue weighted by atomic mass is 15.3. The van der Waals surface area contributed by atoms with Gasteiger partial charge in [0.25, 0.3) is 0 Å². The Balaban J connectivity index is 2.06. The topological polar surface area (TPSA) is 54.2 Å². The first-order valence-electron chi connectivity index (χ1n) is 9.56. The number of hydrogen-bond acceptors (Lipinski definition) is 2. The number of nitrogens with zero attached hydrogens (tertiary/aromatic N) is 3. The van der Waals surface area contributed by atoms with Crippen molar-refractivity contribution in [2.24, 2.45) is 12.0 Å². The minimum atomic E-state index is 0.274. The average molecular weight is 356 g/mol. The summed E-state index contributed by atoms with van der Waals surface area (Å²) in [5, 5.41) is 11.4. The number of hydrogen-bond donors (Lipinski definition) is 2.